The molecule has 0 saturated heterocycles. The maximum Gasteiger partial charge on any atom is 0.164 e. The van der Waals surface area contributed by atoms with E-state index in [9.17, 15) is 5.26 Å². The molecule has 0 bridgehead atoms. The average molecular weight is 781 g/mol. The lowest BCUT2D eigenvalue weighted by Gasteiger charge is -2.39. The molecule has 8 aromatic carbocycles. The lowest BCUT2D eigenvalue weighted by Crippen LogP contribution is -2.32. The predicted octanol–water partition coefficient (Wildman–Crippen LogP) is 13.2. The molecule has 0 unspecified atom stereocenters. The molecule has 286 valence electrons. The van der Waals surface area contributed by atoms with Gasteiger partial charge >= 0.3 is 0 Å². The van der Waals surface area contributed by atoms with Crippen molar-refractivity contribution in [1.82, 2.24) is 15.0 Å². The maximum absolute atomic E-state index is 9.66. The summed E-state index contributed by atoms with van der Waals surface area (Å²) in [5.74, 6) is 3.53. The number of hydrogen-bond donors (Lipinski definition) is 0. The van der Waals surface area contributed by atoms with Gasteiger partial charge in [0.1, 0.15) is 11.5 Å². The normalized spacial score (nSPS) is 14.1. The third-order valence-electron chi connectivity index (χ3n) is 13.0. The zero-order chi connectivity index (χ0) is 40.9. The van der Waals surface area contributed by atoms with Crippen LogP contribution in [0.5, 0.6) is 11.5 Å². The van der Waals surface area contributed by atoms with Gasteiger partial charge in [-0.2, -0.15) is 5.26 Å². The number of fused-ring (bicyclic) bond motifs is 12. The van der Waals surface area contributed by atoms with Gasteiger partial charge in [-0.15, -0.1) is 0 Å². The first-order chi connectivity index (χ1) is 29.9. The van der Waals surface area contributed by atoms with E-state index in [1.807, 2.05) is 42.5 Å². The van der Waals surface area contributed by atoms with Crippen molar-refractivity contribution < 1.29 is 4.74 Å². The fourth-order valence-electron chi connectivity index (χ4n) is 10.3. The van der Waals surface area contributed by atoms with Crippen LogP contribution in [-0.4, -0.2) is 15.0 Å². The van der Waals surface area contributed by atoms with Crippen LogP contribution in [-0.2, 0) is 10.8 Å². The molecule has 0 amide bonds. The van der Waals surface area contributed by atoms with E-state index in [0.717, 1.165) is 61.6 Å². The van der Waals surface area contributed by atoms with Crippen LogP contribution in [0.1, 0.15) is 52.8 Å². The largest absolute Gasteiger partial charge is 0.457 e. The maximum atomic E-state index is 9.66. The van der Waals surface area contributed by atoms with Gasteiger partial charge in [0.2, 0.25) is 0 Å². The Morgan fingerprint density at radius 2 is 0.951 bits per heavy atom. The summed E-state index contributed by atoms with van der Waals surface area (Å²) in [6.45, 7) is 4.49. The van der Waals surface area contributed by atoms with E-state index >= 15 is 0 Å². The number of nitrogens with zero attached hydrogens (tertiary/aromatic N) is 4. The van der Waals surface area contributed by atoms with Gasteiger partial charge in [0.15, 0.2) is 17.5 Å². The van der Waals surface area contributed by atoms with Gasteiger partial charge in [-0.3, -0.25) is 0 Å². The fourth-order valence-corrected chi connectivity index (χ4v) is 10.3. The Hall–Kier alpha value is -7.94. The van der Waals surface area contributed by atoms with Crippen molar-refractivity contribution in [3.63, 3.8) is 0 Å². The first-order valence-corrected chi connectivity index (χ1v) is 20.7. The van der Waals surface area contributed by atoms with Crippen LogP contribution >= 0.6 is 0 Å². The van der Waals surface area contributed by atoms with Crippen LogP contribution < -0.4 is 4.74 Å². The van der Waals surface area contributed by atoms with E-state index in [4.69, 9.17) is 19.7 Å². The molecule has 0 atom stereocenters. The fraction of sp³-hybridized carbons (Fsp3) is 0.0714. The summed E-state index contributed by atoms with van der Waals surface area (Å²) in [6.07, 6.45) is 0. The number of aromatic nitrogens is 3. The minimum absolute atomic E-state index is 0.249. The van der Waals surface area contributed by atoms with Crippen molar-refractivity contribution in [1.29, 1.82) is 5.26 Å². The highest BCUT2D eigenvalue weighted by Gasteiger charge is 2.51. The molecule has 5 nitrogen and oxygen atoms in total. The van der Waals surface area contributed by atoms with E-state index in [1.54, 1.807) is 0 Å². The molecule has 2 aliphatic carbocycles. The standard InChI is InChI=1S/C56H36N4O/c1-55(2)47-30-34(33-57)26-28-39(47)40-29-27-37(32-48(40)55)36-16-12-17-38(31-36)53-58-52(35-14-4-3-5-15-35)59-54(60-53)42-19-13-23-46-51(42)41-18-6-7-20-43(41)56(46)44-21-8-10-24-49(44)61-50-25-11-9-22-45(50)56/h3-32H,1-2H3. The molecule has 5 heteroatoms. The van der Waals surface area contributed by atoms with E-state index in [0.29, 0.717) is 23.0 Å². The van der Waals surface area contributed by atoms with Crippen LogP contribution in [0.3, 0.4) is 0 Å². The molecule has 1 spiro atoms. The highest BCUT2D eigenvalue weighted by Crippen LogP contribution is 2.63. The first-order valence-electron chi connectivity index (χ1n) is 20.7. The molecule has 0 N–H and O–H groups in total. The smallest absolute Gasteiger partial charge is 0.164 e. The second-order valence-electron chi connectivity index (χ2n) is 16.6. The molecule has 61 heavy (non-hydrogen) atoms. The van der Waals surface area contributed by atoms with Crippen LogP contribution in [0.4, 0.5) is 0 Å². The quantitative estimate of drug-likeness (QED) is 0.178. The third-order valence-corrected chi connectivity index (χ3v) is 13.0. The van der Waals surface area contributed by atoms with Crippen LogP contribution in [0.2, 0.25) is 0 Å². The minimum atomic E-state index is -0.608. The third kappa shape index (κ3) is 5.03. The number of nitriles is 1. The Morgan fingerprint density at radius 3 is 1.70 bits per heavy atom. The Morgan fingerprint density at radius 1 is 0.410 bits per heavy atom. The monoisotopic (exact) mass is 780 g/mol. The number of benzene rings is 8. The van der Waals surface area contributed by atoms with Gasteiger partial charge in [-0.05, 0) is 92.0 Å². The van der Waals surface area contributed by atoms with E-state index in [2.05, 4.69) is 159 Å². The van der Waals surface area contributed by atoms with Crippen LogP contribution in [0.15, 0.2) is 182 Å². The van der Waals surface area contributed by atoms with Crippen LogP contribution in [0, 0.1) is 11.3 Å². The molecular formula is C56H36N4O. The van der Waals surface area contributed by atoms with Crippen LogP contribution in [0.25, 0.3) is 67.5 Å². The van der Waals surface area contributed by atoms with Gasteiger partial charge in [0.05, 0.1) is 17.0 Å². The molecule has 0 radical (unpaired) electrons. The molecule has 2 heterocycles. The van der Waals surface area contributed by atoms with Crippen molar-refractivity contribution in [3.8, 4) is 85.1 Å². The Labute approximate surface area is 354 Å². The molecule has 12 rings (SSSR count). The molecule has 9 aromatic rings. The molecule has 1 aliphatic heterocycles. The highest BCUT2D eigenvalue weighted by molar-refractivity contribution is 5.96. The Kier molecular flexibility index (Phi) is 7.49. The summed E-state index contributed by atoms with van der Waals surface area (Å²) < 4.78 is 6.59. The molecule has 0 fully saturated rings. The number of hydrogen-bond acceptors (Lipinski definition) is 5. The van der Waals surface area contributed by atoms with Crippen molar-refractivity contribution in [2.24, 2.45) is 0 Å². The van der Waals surface area contributed by atoms with Crippen molar-refractivity contribution in [3.05, 3.63) is 221 Å². The molecular weight excluding hydrogens is 745 g/mol. The summed E-state index contributed by atoms with van der Waals surface area (Å²) in [6, 6.07) is 65.9. The Bertz CT molecular complexity index is 3300. The van der Waals surface area contributed by atoms with Gasteiger partial charge in [-0.25, -0.2) is 15.0 Å². The highest BCUT2D eigenvalue weighted by atomic mass is 16.5. The summed E-state index contributed by atoms with van der Waals surface area (Å²) in [5.41, 5.74) is 16.5. The van der Waals surface area contributed by atoms with Gasteiger partial charge < -0.3 is 4.74 Å². The molecule has 0 saturated carbocycles. The second kappa shape index (κ2) is 13.0. The van der Waals surface area contributed by atoms with Crippen molar-refractivity contribution >= 4 is 0 Å². The molecule has 1 aromatic heterocycles. The lowest BCUT2D eigenvalue weighted by molar-refractivity contribution is 0.436. The summed E-state index contributed by atoms with van der Waals surface area (Å²) in [5, 5.41) is 9.66. The minimum Gasteiger partial charge on any atom is -0.457 e. The molecule has 3 aliphatic rings. The van der Waals surface area contributed by atoms with Gasteiger partial charge in [0, 0.05) is 33.2 Å². The average Bonchev–Trinajstić information content (AvgIpc) is 3.74. The topological polar surface area (TPSA) is 71.7 Å². The Balaban J connectivity index is 1.04. The van der Waals surface area contributed by atoms with Gasteiger partial charge in [-0.1, -0.05) is 159 Å². The second-order valence-corrected chi connectivity index (χ2v) is 16.6. The lowest BCUT2D eigenvalue weighted by atomic mass is 9.66. The van der Waals surface area contributed by atoms with E-state index in [1.165, 1.54) is 33.4 Å². The summed E-state index contributed by atoms with van der Waals surface area (Å²) >= 11 is 0. The first kappa shape index (κ1) is 35.0. The zero-order valence-electron chi connectivity index (χ0n) is 33.5. The van der Waals surface area contributed by atoms with Crippen molar-refractivity contribution in [2.45, 2.75) is 24.7 Å². The van der Waals surface area contributed by atoms with E-state index in [-0.39, 0.29) is 5.41 Å². The number of para-hydroxylation sites is 2. The van der Waals surface area contributed by atoms with Crippen molar-refractivity contribution in [2.75, 3.05) is 0 Å². The zero-order valence-corrected chi connectivity index (χ0v) is 33.5. The number of ether oxygens (including phenoxy) is 1. The van der Waals surface area contributed by atoms with E-state index < -0.39 is 5.41 Å². The van der Waals surface area contributed by atoms with Gasteiger partial charge in [0.25, 0.3) is 0 Å². The summed E-state index contributed by atoms with van der Waals surface area (Å²) in [7, 11) is 0. The number of rotatable bonds is 4. The predicted molar refractivity (Wildman–Crippen MR) is 241 cm³/mol. The SMILES string of the molecule is CC1(C)c2cc(C#N)ccc2-c2ccc(-c3cccc(-c4nc(-c5ccccc5)nc(-c5cccc6c5-c5ccccc5C65c6ccccc6Oc6ccccc65)n4)c3)cc21. The summed E-state index contributed by atoms with van der Waals surface area (Å²) in [4.78, 5) is 15.8.